The summed E-state index contributed by atoms with van der Waals surface area (Å²) in [6.45, 7) is 0.894. The quantitative estimate of drug-likeness (QED) is 0.669. The van der Waals surface area contributed by atoms with Gasteiger partial charge >= 0.3 is 0 Å². The summed E-state index contributed by atoms with van der Waals surface area (Å²) in [7, 11) is 0. The van der Waals surface area contributed by atoms with Crippen LogP contribution < -0.4 is 5.73 Å². The van der Waals surface area contributed by atoms with Crippen LogP contribution in [-0.2, 0) is 12.8 Å². The molecule has 4 rings (SSSR count). The highest BCUT2D eigenvalue weighted by molar-refractivity contribution is 5.26. The molecule has 1 spiro atoms. The SMILES string of the molecule is CC(F)(F)CN1C2(CCC(N)CC2)CCC1(Cc1ccccc1)Cc1ccccc1. The summed E-state index contributed by atoms with van der Waals surface area (Å²) in [5, 5.41) is 0. The first-order chi connectivity index (χ1) is 14.3. The van der Waals surface area contributed by atoms with E-state index >= 15 is 0 Å². The van der Waals surface area contributed by atoms with E-state index < -0.39 is 5.92 Å². The molecule has 0 radical (unpaired) electrons. The zero-order valence-electron chi connectivity index (χ0n) is 18.0. The van der Waals surface area contributed by atoms with Gasteiger partial charge in [0.2, 0.25) is 0 Å². The molecule has 0 bridgehead atoms. The fourth-order valence-corrected chi connectivity index (χ4v) is 5.93. The molecule has 2 aromatic carbocycles. The fourth-order valence-electron chi connectivity index (χ4n) is 5.93. The summed E-state index contributed by atoms with van der Waals surface area (Å²) < 4.78 is 29.1. The van der Waals surface area contributed by atoms with Crippen molar-refractivity contribution in [3.63, 3.8) is 0 Å². The van der Waals surface area contributed by atoms with Crippen LogP contribution in [0, 0.1) is 0 Å². The second-order valence-electron chi connectivity index (χ2n) is 9.77. The van der Waals surface area contributed by atoms with Gasteiger partial charge in [-0.05, 0) is 62.5 Å². The molecular weight excluding hydrogens is 378 g/mol. The van der Waals surface area contributed by atoms with Crippen LogP contribution in [0.1, 0.15) is 56.6 Å². The normalized spacial score (nSPS) is 26.9. The largest absolute Gasteiger partial charge is 0.328 e. The summed E-state index contributed by atoms with van der Waals surface area (Å²) in [6, 6.07) is 21.0. The third-order valence-electron chi connectivity index (χ3n) is 7.35. The van der Waals surface area contributed by atoms with E-state index in [1.54, 1.807) is 0 Å². The Balaban J connectivity index is 1.75. The minimum atomic E-state index is -2.73. The molecule has 1 saturated heterocycles. The molecule has 2 nitrogen and oxygen atoms in total. The van der Waals surface area contributed by atoms with Crippen LogP contribution in [0.5, 0.6) is 0 Å². The van der Waals surface area contributed by atoms with Gasteiger partial charge in [-0.25, -0.2) is 8.78 Å². The van der Waals surface area contributed by atoms with Crippen molar-refractivity contribution in [3.05, 3.63) is 71.8 Å². The van der Waals surface area contributed by atoms with Crippen molar-refractivity contribution in [3.8, 4) is 0 Å². The van der Waals surface area contributed by atoms with E-state index in [1.165, 1.54) is 11.1 Å². The molecule has 2 aromatic rings. The average molecular weight is 413 g/mol. The number of likely N-dealkylation sites (tertiary alicyclic amines) is 1. The first-order valence-corrected chi connectivity index (χ1v) is 11.3. The highest BCUT2D eigenvalue weighted by Crippen LogP contribution is 2.52. The Labute approximate surface area is 179 Å². The molecule has 30 heavy (non-hydrogen) atoms. The van der Waals surface area contributed by atoms with Gasteiger partial charge in [0, 0.05) is 24.0 Å². The zero-order valence-corrected chi connectivity index (χ0v) is 18.0. The summed E-state index contributed by atoms with van der Waals surface area (Å²) in [5.41, 5.74) is 8.20. The highest BCUT2D eigenvalue weighted by Gasteiger charge is 2.56. The second kappa shape index (κ2) is 8.39. The maximum absolute atomic E-state index is 14.5. The maximum Gasteiger partial charge on any atom is 0.257 e. The smallest absolute Gasteiger partial charge is 0.257 e. The van der Waals surface area contributed by atoms with E-state index in [0.717, 1.165) is 58.3 Å². The first kappa shape index (κ1) is 21.5. The Hall–Kier alpha value is -1.78. The number of alkyl halides is 2. The van der Waals surface area contributed by atoms with E-state index in [2.05, 4.69) is 53.4 Å². The fraction of sp³-hybridized carbons (Fsp3) is 0.538. The van der Waals surface area contributed by atoms with Crippen molar-refractivity contribution < 1.29 is 8.78 Å². The lowest BCUT2D eigenvalue weighted by molar-refractivity contribution is -0.0818. The molecule has 2 N–H and O–H groups in total. The van der Waals surface area contributed by atoms with E-state index in [1.807, 2.05) is 12.1 Å². The molecule has 0 amide bonds. The van der Waals surface area contributed by atoms with Crippen LogP contribution in [0.2, 0.25) is 0 Å². The standard InChI is InChI=1S/C26H34F2N2/c1-24(27,28)20-30-25(14-12-23(29)13-15-25)16-17-26(30,18-21-8-4-2-5-9-21)19-22-10-6-3-7-11-22/h2-11,23H,12-20,29H2,1H3. The Morgan fingerprint density at radius 1 is 0.867 bits per heavy atom. The number of nitrogens with zero attached hydrogens (tertiary/aromatic N) is 1. The molecule has 1 saturated carbocycles. The molecule has 0 aromatic heterocycles. The predicted molar refractivity (Wildman–Crippen MR) is 119 cm³/mol. The van der Waals surface area contributed by atoms with Crippen molar-refractivity contribution in [1.29, 1.82) is 0 Å². The molecule has 1 heterocycles. The van der Waals surface area contributed by atoms with Gasteiger partial charge in [0.25, 0.3) is 5.92 Å². The molecule has 2 fully saturated rings. The summed E-state index contributed by atoms with van der Waals surface area (Å²) in [4.78, 5) is 2.24. The average Bonchev–Trinajstić information content (AvgIpc) is 2.98. The first-order valence-electron chi connectivity index (χ1n) is 11.3. The lowest BCUT2D eigenvalue weighted by Crippen LogP contribution is -2.60. The van der Waals surface area contributed by atoms with Crippen molar-refractivity contribution in [2.24, 2.45) is 5.73 Å². The number of nitrogens with two attached hydrogens (primary N) is 1. The van der Waals surface area contributed by atoms with Crippen molar-refractivity contribution >= 4 is 0 Å². The summed E-state index contributed by atoms with van der Waals surface area (Å²) >= 11 is 0. The second-order valence-corrected chi connectivity index (χ2v) is 9.77. The van der Waals surface area contributed by atoms with Gasteiger partial charge in [-0.15, -0.1) is 0 Å². The number of rotatable bonds is 6. The monoisotopic (exact) mass is 412 g/mol. The van der Waals surface area contributed by atoms with Gasteiger partial charge in [-0.3, -0.25) is 4.90 Å². The Bertz CT molecular complexity index is 766. The Kier molecular flexibility index (Phi) is 6.00. The van der Waals surface area contributed by atoms with E-state index in [-0.39, 0.29) is 23.7 Å². The highest BCUT2D eigenvalue weighted by atomic mass is 19.3. The van der Waals surface area contributed by atoms with Gasteiger partial charge in [-0.2, -0.15) is 0 Å². The van der Waals surface area contributed by atoms with Crippen LogP contribution in [-0.4, -0.2) is 34.5 Å². The number of hydrogen-bond acceptors (Lipinski definition) is 2. The number of benzene rings is 2. The number of halogens is 2. The van der Waals surface area contributed by atoms with Crippen LogP contribution in [0.25, 0.3) is 0 Å². The third-order valence-corrected chi connectivity index (χ3v) is 7.35. The van der Waals surface area contributed by atoms with Gasteiger partial charge in [0.05, 0.1) is 6.54 Å². The van der Waals surface area contributed by atoms with Crippen molar-refractivity contribution in [2.45, 2.75) is 81.3 Å². The molecule has 2 aliphatic rings. The van der Waals surface area contributed by atoms with E-state index in [4.69, 9.17) is 5.73 Å². The van der Waals surface area contributed by atoms with Gasteiger partial charge < -0.3 is 5.73 Å². The van der Waals surface area contributed by atoms with Crippen molar-refractivity contribution in [2.75, 3.05) is 6.54 Å². The predicted octanol–water partition coefficient (Wildman–Crippen LogP) is 5.60. The van der Waals surface area contributed by atoms with Crippen LogP contribution >= 0.6 is 0 Å². The Morgan fingerprint density at radius 3 is 1.83 bits per heavy atom. The molecular formula is C26H34F2N2. The van der Waals surface area contributed by atoms with Gasteiger partial charge in [0.15, 0.2) is 0 Å². The maximum atomic E-state index is 14.5. The van der Waals surface area contributed by atoms with Crippen LogP contribution in [0.4, 0.5) is 8.78 Å². The topological polar surface area (TPSA) is 29.3 Å². The number of hydrogen-bond donors (Lipinski definition) is 1. The van der Waals surface area contributed by atoms with E-state index in [0.29, 0.717) is 0 Å². The lowest BCUT2D eigenvalue weighted by atomic mass is 9.77. The van der Waals surface area contributed by atoms with Gasteiger partial charge in [0.1, 0.15) is 0 Å². The van der Waals surface area contributed by atoms with Crippen LogP contribution in [0.3, 0.4) is 0 Å². The third kappa shape index (κ3) is 4.60. The minimum absolute atomic E-state index is 0.154. The summed E-state index contributed by atoms with van der Waals surface area (Å²) in [6.07, 6.45) is 7.24. The van der Waals surface area contributed by atoms with Crippen LogP contribution in [0.15, 0.2) is 60.7 Å². The molecule has 4 heteroatoms. The summed E-state index contributed by atoms with van der Waals surface area (Å²) in [5.74, 6) is -2.73. The minimum Gasteiger partial charge on any atom is -0.328 e. The Morgan fingerprint density at radius 2 is 1.37 bits per heavy atom. The van der Waals surface area contributed by atoms with Gasteiger partial charge in [-0.1, -0.05) is 60.7 Å². The zero-order chi connectivity index (χ0) is 21.2. The lowest BCUT2D eigenvalue weighted by Gasteiger charge is -2.51. The molecule has 162 valence electrons. The molecule has 1 aliphatic heterocycles. The van der Waals surface area contributed by atoms with Crippen molar-refractivity contribution in [1.82, 2.24) is 4.90 Å². The molecule has 0 unspecified atom stereocenters. The van der Waals surface area contributed by atoms with E-state index in [9.17, 15) is 8.78 Å². The molecule has 0 atom stereocenters. The molecule has 1 aliphatic carbocycles.